The lowest BCUT2D eigenvalue weighted by Crippen LogP contribution is -2.30. The predicted octanol–water partition coefficient (Wildman–Crippen LogP) is 2.21. The zero-order valence-electron chi connectivity index (χ0n) is 14.7. The van der Waals surface area contributed by atoms with Crippen molar-refractivity contribution in [2.24, 2.45) is 0 Å². The van der Waals surface area contributed by atoms with Crippen LogP contribution in [-0.4, -0.2) is 28.8 Å². The number of halogens is 1. The Morgan fingerprint density at radius 2 is 1.89 bits per heavy atom. The van der Waals surface area contributed by atoms with E-state index in [0.29, 0.717) is 28.3 Å². The lowest BCUT2D eigenvalue weighted by molar-refractivity contribution is 0.0951. The van der Waals surface area contributed by atoms with Crippen LogP contribution in [-0.2, 0) is 6.54 Å². The number of amides is 1. The third-order valence-corrected chi connectivity index (χ3v) is 4.29. The van der Waals surface area contributed by atoms with E-state index in [0.717, 1.165) is 0 Å². The van der Waals surface area contributed by atoms with Crippen LogP contribution in [0.3, 0.4) is 0 Å². The third kappa shape index (κ3) is 3.71. The van der Waals surface area contributed by atoms with Gasteiger partial charge in [-0.25, -0.2) is 9.37 Å². The second-order valence-corrected chi connectivity index (χ2v) is 6.14. The zero-order valence-corrected chi connectivity index (χ0v) is 14.7. The van der Waals surface area contributed by atoms with Crippen LogP contribution in [0.2, 0.25) is 0 Å². The summed E-state index contributed by atoms with van der Waals surface area (Å²) in [7, 11) is 0. The van der Waals surface area contributed by atoms with Crippen LogP contribution in [0.15, 0.2) is 59.7 Å². The first kappa shape index (κ1) is 17.7. The largest absolute Gasteiger partial charge is 0.454 e. The minimum atomic E-state index is -0.352. The number of nitrogens with one attached hydrogen (secondary N) is 1. The SMILES string of the molecule is O=C(NCCn1cnc(-c2ccc(F)cc2)cc1=O)c1ccc2c(c1)OCO2. The normalized spacial score (nSPS) is 12.0. The van der Waals surface area contributed by atoms with Crippen LogP contribution in [0.1, 0.15) is 10.4 Å². The van der Waals surface area contributed by atoms with E-state index in [-0.39, 0.29) is 37.2 Å². The van der Waals surface area contributed by atoms with Crippen molar-refractivity contribution in [2.75, 3.05) is 13.3 Å². The highest BCUT2D eigenvalue weighted by molar-refractivity contribution is 5.94. The number of aromatic nitrogens is 2. The number of carbonyl (C=O) groups excluding carboxylic acids is 1. The van der Waals surface area contributed by atoms with E-state index in [4.69, 9.17) is 9.47 Å². The summed E-state index contributed by atoms with van der Waals surface area (Å²) in [6.45, 7) is 0.667. The minimum Gasteiger partial charge on any atom is -0.454 e. The number of hydrogen-bond acceptors (Lipinski definition) is 5. The molecule has 1 aliphatic heterocycles. The smallest absolute Gasteiger partial charge is 0.253 e. The molecule has 4 rings (SSSR count). The third-order valence-electron chi connectivity index (χ3n) is 4.29. The van der Waals surface area contributed by atoms with Gasteiger partial charge >= 0.3 is 0 Å². The van der Waals surface area contributed by atoms with Crippen LogP contribution in [0.25, 0.3) is 11.3 Å². The number of carbonyl (C=O) groups is 1. The topological polar surface area (TPSA) is 82.5 Å². The number of nitrogens with zero attached hydrogens (tertiary/aromatic N) is 2. The molecule has 1 N–H and O–H groups in total. The first-order chi connectivity index (χ1) is 13.6. The molecular weight excluding hydrogens is 365 g/mol. The molecule has 0 bridgehead atoms. The number of benzene rings is 2. The van der Waals surface area contributed by atoms with Gasteiger partial charge in [-0.3, -0.25) is 14.2 Å². The van der Waals surface area contributed by atoms with E-state index in [2.05, 4.69) is 10.3 Å². The van der Waals surface area contributed by atoms with Crippen molar-refractivity contribution in [1.29, 1.82) is 0 Å². The standard InChI is InChI=1S/C20H16FN3O4/c21-15-4-1-13(2-5-15)16-10-19(25)24(11-23-16)8-7-22-20(26)14-3-6-17-18(9-14)28-12-27-17/h1-6,9-11H,7-8,12H2,(H,22,26). The Kier molecular flexibility index (Phi) is 4.76. The highest BCUT2D eigenvalue weighted by Gasteiger charge is 2.16. The first-order valence-corrected chi connectivity index (χ1v) is 8.60. The van der Waals surface area contributed by atoms with Gasteiger partial charge < -0.3 is 14.8 Å². The summed E-state index contributed by atoms with van der Waals surface area (Å²) < 4.78 is 24.9. The van der Waals surface area contributed by atoms with Gasteiger partial charge in [-0.15, -0.1) is 0 Å². The maximum atomic E-state index is 13.0. The highest BCUT2D eigenvalue weighted by Crippen LogP contribution is 2.32. The number of rotatable bonds is 5. The van der Waals surface area contributed by atoms with Gasteiger partial charge in [-0.1, -0.05) is 0 Å². The second-order valence-electron chi connectivity index (χ2n) is 6.14. The summed E-state index contributed by atoms with van der Waals surface area (Å²) in [5, 5.41) is 2.75. The second kappa shape index (κ2) is 7.51. The zero-order chi connectivity index (χ0) is 19.5. The Bertz CT molecular complexity index is 1080. The molecule has 28 heavy (non-hydrogen) atoms. The minimum absolute atomic E-state index is 0.143. The molecule has 0 saturated heterocycles. The number of fused-ring (bicyclic) bond motifs is 1. The first-order valence-electron chi connectivity index (χ1n) is 8.60. The monoisotopic (exact) mass is 381 g/mol. The molecule has 1 aliphatic rings. The van der Waals surface area contributed by atoms with Crippen molar-refractivity contribution in [1.82, 2.24) is 14.9 Å². The van der Waals surface area contributed by atoms with Crippen molar-refractivity contribution in [3.05, 3.63) is 76.6 Å². The molecule has 3 aromatic rings. The Morgan fingerprint density at radius 1 is 1.11 bits per heavy atom. The summed E-state index contributed by atoms with van der Waals surface area (Å²) in [5.41, 5.74) is 1.31. The Labute approximate surface area is 159 Å². The number of hydrogen-bond donors (Lipinski definition) is 1. The molecule has 0 atom stereocenters. The maximum absolute atomic E-state index is 13.0. The van der Waals surface area contributed by atoms with Crippen LogP contribution in [0.4, 0.5) is 4.39 Å². The van der Waals surface area contributed by atoms with Gasteiger partial charge in [0.15, 0.2) is 11.5 Å². The molecule has 0 aliphatic carbocycles. The van der Waals surface area contributed by atoms with Gasteiger partial charge in [-0.05, 0) is 42.5 Å². The molecule has 142 valence electrons. The fraction of sp³-hybridized carbons (Fsp3) is 0.150. The van der Waals surface area contributed by atoms with E-state index in [1.165, 1.54) is 29.1 Å². The van der Waals surface area contributed by atoms with Gasteiger partial charge in [-0.2, -0.15) is 0 Å². The van der Waals surface area contributed by atoms with Crippen LogP contribution in [0.5, 0.6) is 11.5 Å². The molecule has 1 aromatic heterocycles. The molecule has 0 spiro atoms. The molecule has 0 unspecified atom stereocenters. The molecule has 0 radical (unpaired) electrons. The fourth-order valence-electron chi connectivity index (χ4n) is 2.80. The Balaban J connectivity index is 1.38. The van der Waals surface area contributed by atoms with Gasteiger partial charge in [0.25, 0.3) is 11.5 Å². The molecule has 7 nitrogen and oxygen atoms in total. The summed E-state index contributed by atoms with van der Waals surface area (Å²) in [4.78, 5) is 28.7. The lowest BCUT2D eigenvalue weighted by Gasteiger charge is -2.09. The van der Waals surface area contributed by atoms with E-state index in [1.807, 2.05) is 0 Å². The quantitative estimate of drug-likeness (QED) is 0.733. The van der Waals surface area contributed by atoms with Gasteiger partial charge in [0.2, 0.25) is 6.79 Å². The van der Waals surface area contributed by atoms with E-state index in [1.54, 1.807) is 30.3 Å². The molecule has 1 amide bonds. The maximum Gasteiger partial charge on any atom is 0.253 e. The van der Waals surface area contributed by atoms with Crippen molar-refractivity contribution in [3.8, 4) is 22.8 Å². The lowest BCUT2D eigenvalue weighted by atomic mass is 10.1. The average Bonchev–Trinajstić information content (AvgIpc) is 3.17. The van der Waals surface area contributed by atoms with Crippen LogP contribution in [0, 0.1) is 5.82 Å². The van der Waals surface area contributed by atoms with Crippen molar-refractivity contribution in [2.45, 2.75) is 6.54 Å². The van der Waals surface area contributed by atoms with Crippen molar-refractivity contribution < 1.29 is 18.7 Å². The fourth-order valence-corrected chi connectivity index (χ4v) is 2.80. The molecule has 8 heteroatoms. The molecule has 0 saturated carbocycles. The summed E-state index contributed by atoms with van der Waals surface area (Å²) in [6, 6.07) is 12.1. The van der Waals surface area contributed by atoms with E-state index in [9.17, 15) is 14.0 Å². The van der Waals surface area contributed by atoms with Gasteiger partial charge in [0, 0.05) is 30.3 Å². The van der Waals surface area contributed by atoms with Crippen molar-refractivity contribution in [3.63, 3.8) is 0 Å². The van der Waals surface area contributed by atoms with Crippen LogP contribution < -0.4 is 20.3 Å². The summed E-state index contributed by atoms with van der Waals surface area (Å²) in [6.07, 6.45) is 1.41. The van der Waals surface area contributed by atoms with Gasteiger partial charge in [0.1, 0.15) is 5.82 Å². The van der Waals surface area contributed by atoms with E-state index < -0.39 is 0 Å². The highest BCUT2D eigenvalue weighted by atomic mass is 19.1. The summed E-state index contributed by atoms with van der Waals surface area (Å²) in [5.74, 6) is 0.511. The van der Waals surface area contributed by atoms with E-state index >= 15 is 0 Å². The molecule has 2 aromatic carbocycles. The van der Waals surface area contributed by atoms with Crippen molar-refractivity contribution >= 4 is 5.91 Å². The van der Waals surface area contributed by atoms with Gasteiger partial charge in [0.05, 0.1) is 12.0 Å². The molecule has 0 fully saturated rings. The summed E-state index contributed by atoms with van der Waals surface area (Å²) >= 11 is 0. The molecular formula is C20H16FN3O4. The van der Waals surface area contributed by atoms with Crippen LogP contribution >= 0.6 is 0 Å². The molecule has 2 heterocycles. The Morgan fingerprint density at radius 3 is 2.68 bits per heavy atom. The predicted molar refractivity (Wildman–Crippen MR) is 98.8 cm³/mol. The number of ether oxygens (including phenoxy) is 2. The Hall–Kier alpha value is -3.68. The average molecular weight is 381 g/mol.